The Morgan fingerprint density at radius 2 is 2.31 bits per heavy atom. The van der Waals surface area contributed by atoms with Gasteiger partial charge in [0.15, 0.2) is 0 Å². The highest BCUT2D eigenvalue weighted by molar-refractivity contribution is 5.99. The van der Waals surface area contributed by atoms with E-state index in [1.165, 1.54) is 7.11 Å². The molecule has 2 aliphatic rings. The lowest BCUT2D eigenvalue weighted by Gasteiger charge is -2.38. The lowest BCUT2D eigenvalue weighted by molar-refractivity contribution is -0.152. The maximum atomic E-state index is 11.9. The first-order valence-corrected chi connectivity index (χ1v) is 5.95. The Hall–Kier alpha value is -1.12. The van der Waals surface area contributed by atoms with Crippen LogP contribution >= 0.6 is 0 Å². The van der Waals surface area contributed by atoms with Gasteiger partial charge in [-0.1, -0.05) is 12.2 Å². The second-order valence-corrected chi connectivity index (χ2v) is 4.91. The minimum absolute atomic E-state index is 0.0554. The minimum atomic E-state index is -0.508. The minimum Gasteiger partial charge on any atom is -0.468 e. The van der Waals surface area contributed by atoms with Gasteiger partial charge in [0.2, 0.25) is 0 Å². The van der Waals surface area contributed by atoms with Gasteiger partial charge in [-0.05, 0) is 37.5 Å². The van der Waals surface area contributed by atoms with E-state index in [1.54, 1.807) is 0 Å². The molecule has 88 valence electrons. The number of methoxy groups -OCH3 is 1. The summed E-state index contributed by atoms with van der Waals surface area (Å²) in [4.78, 5) is 23.3. The molecule has 0 saturated heterocycles. The average molecular weight is 222 g/mol. The molecule has 0 aromatic carbocycles. The Labute approximate surface area is 95.9 Å². The van der Waals surface area contributed by atoms with Crippen LogP contribution in [0.15, 0.2) is 12.2 Å². The second kappa shape index (κ2) is 4.40. The van der Waals surface area contributed by atoms with Crippen LogP contribution in [0.25, 0.3) is 0 Å². The zero-order valence-corrected chi connectivity index (χ0v) is 9.70. The molecule has 2 unspecified atom stereocenters. The van der Waals surface area contributed by atoms with Crippen molar-refractivity contribution in [3.8, 4) is 0 Å². The summed E-state index contributed by atoms with van der Waals surface area (Å²) in [7, 11) is 1.35. The molecule has 0 aromatic heterocycles. The summed E-state index contributed by atoms with van der Waals surface area (Å²) in [5.74, 6) is -0.810. The Morgan fingerprint density at radius 3 is 2.88 bits per heavy atom. The van der Waals surface area contributed by atoms with Crippen molar-refractivity contribution in [3.63, 3.8) is 0 Å². The van der Waals surface area contributed by atoms with E-state index in [0.717, 1.165) is 25.7 Å². The summed E-state index contributed by atoms with van der Waals surface area (Å²) in [6.07, 6.45) is 9.84. The third-order valence-electron chi connectivity index (χ3n) is 3.85. The van der Waals surface area contributed by atoms with Crippen LogP contribution in [0.1, 0.15) is 38.5 Å². The van der Waals surface area contributed by atoms with E-state index in [9.17, 15) is 9.59 Å². The van der Waals surface area contributed by atoms with Crippen molar-refractivity contribution in [2.45, 2.75) is 38.5 Å². The van der Waals surface area contributed by atoms with Crippen molar-refractivity contribution >= 4 is 11.8 Å². The predicted octanol–water partition coefficient (Wildman–Crippen LogP) is 2.26. The molecule has 3 heteroatoms. The van der Waals surface area contributed by atoms with E-state index in [4.69, 9.17) is 0 Å². The van der Waals surface area contributed by atoms with Crippen molar-refractivity contribution in [2.75, 3.05) is 7.11 Å². The van der Waals surface area contributed by atoms with Crippen molar-refractivity contribution < 1.29 is 14.3 Å². The van der Waals surface area contributed by atoms with E-state index >= 15 is 0 Å². The molecule has 16 heavy (non-hydrogen) atoms. The maximum Gasteiger partial charge on any atom is 0.316 e. The van der Waals surface area contributed by atoms with Gasteiger partial charge in [-0.25, -0.2) is 0 Å². The van der Waals surface area contributed by atoms with E-state index < -0.39 is 5.92 Å². The van der Waals surface area contributed by atoms with Gasteiger partial charge in [-0.15, -0.1) is 0 Å². The summed E-state index contributed by atoms with van der Waals surface area (Å²) < 4.78 is 4.66. The molecule has 2 aliphatic carbocycles. The van der Waals surface area contributed by atoms with Gasteiger partial charge >= 0.3 is 5.97 Å². The molecule has 1 fully saturated rings. The van der Waals surface area contributed by atoms with Crippen molar-refractivity contribution in [2.24, 2.45) is 11.3 Å². The van der Waals surface area contributed by atoms with Gasteiger partial charge in [0, 0.05) is 6.42 Å². The van der Waals surface area contributed by atoms with E-state index in [2.05, 4.69) is 16.9 Å². The van der Waals surface area contributed by atoms with Crippen LogP contribution in [-0.4, -0.2) is 18.9 Å². The average Bonchev–Trinajstić information content (AvgIpc) is 2.29. The topological polar surface area (TPSA) is 43.4 Å². The largest absolute Gasteiger partial charge is 0.468 e. The molecule has 2 rings (SSSR count). The number of rotatable bonds is 1. The Kier molecular flexibility index (Phi) is 3.13. The number of carbonyl (C=O) groups excluding carboxylic acids is 2. The summed E-state index contributed by atoms with van der Waals surface area (Å²) in [5, 5.41) is 0. The van der Waals surface area contributed by atoms with Gasteiger partial charge < -0.3 is 4.74 Å². The molecule has 3 nitrogen and oxygen atoms in total. The molecule has 0 N–H and O–H groups in total. The number of allylic oxidation sites excluding steroid dienone is 2. The molecule has 0 aliphatic heterocycles. The van der Waals surface area contributed by atoms with Crippen LogP contribution in [0.2, 0.25) is 0 Å². The maximum absolute atomic E-state index is 11.9. The molecule has 1 spiro atoms. The molecule has 0 aromatic rings. The highest BCUT2D eigenvalue weighted by Crippen LogP contribution is 2.44. The number of carbonyl (C=O) groups is 2. The molecule has 0 bridgehead atoms. The molecule has 2 atom stereocenters. The monoisotopic (exact) mass is 222 g/mol. The Morgan fingerprint density at radius 1 is 1.50 bits per heavy atom. The number of ether oxygens (including phenoxy) is 1. The number of hydrogen-bond acceptors (Lipinski definition) is 3. The smallest absolute Gasteiger partial charge is 0.316 e. The summed E-state index contributed by atoms with van der Waals surface area (Å²) >= 11 is 0. The van der Waals surface area contributed by atoms with Gasteiger partial charge in [0.1, 0.15) is 11.7 Å². The van der Waals surface area contributed by atoms with Gasteiger partial charge in [0.25, 0.3) is 0 Å². The van der Waals surface area contributed by atoms with Crippen LogP contribution < -0.4 is 0 Å². The molecule has 0 heterocycles. The predicted molar refractivity (Wildman–Crippen MR) is 59.8 cm³/mol. The number of ketones is 1. The normalized spacial score (nSPS) is 34.1. The molecular weight excluding hydrogens is 204 g/mol. The quantitative estimate of drug-likeness (QED) is 0.388. The lowest BCUT2D eigenvalue weighted by atomic mass is 9.65. The van der Waals surface area contributed by atoms with Crippen molar-refractivity contribution in [1.82, 2.24) is 0 Å². The molecule has 0 amide bonds. The van der Waals surface area contributed by atoms with E-state index in [0.29, 0.717) is 12.8 Å². The van der Waals surface area contributed by atoms with Crippen molar-refractivity contribution in [1.29, 1.82) is 0 Å². The number of esters is 1. The Balaban J connectivity index is 2.07. The highest BCUT2D eigenvalue weighted by atomic mass is 16.5. The van der Waals surface area contributed by atoms with Crippen LogP contribution in [0.5, 0.6) is 0 Å². The third-order valence-corrected chi connectivity index (χ3v) is 3.85. The molecule has 1 saturated carbocycles. The van der Waals surface area contributed by atoms with Gasteiger partial charge in [-0.3, -0.25) is 9.59 Å². The number of Topliss-reactive ketones (excluding diaryl/α,β-unsaturated/α-hetero) is 1. The lowest BCUT2D eigenvalue weighted by Crippen LogP contribution is -2.37. The zero-order chi connectivity index (χ0) is 11.6. The summed E-state index contributed by atoms with van der Waals surface area (Å²) in [5.41, 5.74) is 0.0554. The summed E-state index contributed by atoms with van der Waals surface area (Å²) in [6, 6.07) is 0. The van der Waals surface area contributed by atoms with Crippen LogP contribution in [0.4, 0.5) is 0 Å². The first-order valence-electron chi connectivity index (χ1n) is 5.95. The SMILES string of the molecule is COC(=O)C1CCC2(C=CCCC2)CC1=O. The number of hydrogen-bond donors (Lipinski definition) is 0. The highest BCUT2D eigenvalue weighted by Gasteiger charge is 2.41. The summed E-state index contributed by atoms with van der Waals surface area (Å²) in [6.45, 7) is 0. The molecule has 0 radical (unpaired) electrons. The zero-order valence-electron chi connectivity index (χ0n) is 9.70. The third kappa shape index (κ3) is 2.04. The van der Waals surface area contributed by atoms with Gasteiger partial charge in [-0.2, -0.15) is 0 Å². The second-order valence-electron chi connectivity index (χ2n) is 4.91. The fourth-order valence-electron chi connectivity index (χ4n) is 2.89. The van der Waals surface area contributed by atoms with Crippen molar-refractivity contribution in [3.05, 3.63) is 12.2 Å². The first-order chi connectivity index (χ1) is 7.67. The van der Waals surface area contributed by atoms with Gasteiger partial charge in [0.05, 0.1) is 7.11 Å². The Bertz CT molecular complexity index is 332. The van der Waals surface area contributed by atoms with E-state index in [1.807, 2.05) is 0 Å². The first kappa shape index (κ1) is 11.4. The van der Waals surface area contributed by atoms with Crippen LogP contribution in [0.3, 0.4) is 0 Å². The van der Waals surface area contributed by atoms with E-state index in [-0.39, 0.29) is 17.2 Å². The molecular formula is C13H18O3. The standard InChI is InChI=1S/C13H18O3/c1-16-12(15)10-5-8-13(9-11(10)14)6-3-2-4-7-13/h3,6,10H,2,4-5,7-9H2,1H3. The fraction of sp³-hybridized carbons (Fsp3) is 0.692. The van der Waals surface area contributed by atoms with Crippen LogP contribution in [-0.2, 0) is 14.3 Å². The fourth-order valence-corrected chi connectivity index (χ4v) is 2.89. The van der Waals surface area contributed by atoms with Crippen LogP contribution in [0, 0.1) is 11.3 Å².